The van der Waals surface area contributed by atoms with Gasteiger partial charge in [-0.05, 0) is 23.3 Å². The third kappa shape index (κ3) is 2.66. The zero-order chi connectivity index (χ0) is 14.3. The maximum absolute atomic E-state index is 11.3. The molecular weight excluding hydrogens is 264 g/mol. The predicted molar refractivity (Wildman–Crippen MR) is 67.2 cm³/mol. The first-order valence-corrected chi connectivity index (χ1v) is 6.41. The second-order valence-electron chi connectivity index (χ2n) is 5.05. The van der Waals surface area contributed by atoms with Crippen LogP contribution in [0.3, 0.4) is 0 Å². The van der Waals surface area contributed by atoms with Crippen LogP contribution in [0, 0.1) is 0 Å². The van der Waals surface area contributed by atoms with E-state index in [1.165, 1.54) is 12.1 Å². The van der Waals surface area contributed by atoms with Crippen molar-refractivity contribution in [1.29, 1.82) is 0 Å². The molecule has 106 valence electrons. The highest BCUT2D eigenvalue weighted by atomic mass is 16.6. The van der Waals surface area contributed by atoms with Gasteiger partial charge in [-0.2, -0.15) is 0 Å². The van der Waals surface area contributed by atoms with Gasteiger partial charge < -0.3 is 19.7 Å². The molecule has 0 amide bonds. The van der Waals surface area contributed by atoms with E-state index >= 15 is 0 Å². The van der Waals surface area contributed by atoms with Crippen molar-refractivity contribution in [2.24, 2.45) is 0 Å². The Kier molecular flexibility index (Phi) is 3.19. The van der Waals surface area contributed by atoms with E-state index in [9.17, 15) is 19.8 Å². The minimum absolute atomic E-state index is 0.00369. The largest absolute Gasteiger partial charge is 0.478 e. The monoisotopic (exact) mass is 278 g/mol. The standard InChI is InChI=1S/C14H14O6/c15-13(16)9-1-2-10(14(17)18)12(4-8-6-20-8)11(9)3-7-5-19-7/h1-2,7-8H,3-6H2,(H,15,16)(H,17,18). The lowest BCUT2D eigenvalue weighted by molar-refractivity contribution is 0.0678. The minimum atomic E-state index is -1.05. The van der Waals surface area contributed by atoms with Gasteiger partial charge in [-0.3, -0.25) is 0 Å². The molecule has 1 aromatic rings. The molecule has 2 saturated heterocycles. The summed E-state index contributed by atoms with van der Waals surface area (Å²) in [5.74, 6) is -2.09. The topological polar surface area (TPSA) is 99.7 Å². The van der Waals surface area contributed by atoms with Crippen LogP contribution in [0.2, 0.25) is 0 Å². The quantitative estimate of drug-likeness (QED) is 0.752. The second-order valence-corrected chi connectivity index (χ2v) is 5.05. The van der Waals surface area contributed by atoms with Gasteiger partial charge in [0.2, 0.25) is 0 Å². The van der Waals surface area contributed by atoms with Crippen molar-refractivity contribution in [2.75, 3.05) is 13.2 Å². The van der Waals surface area contributed by atoms with Crippen LogP contribution < -0.4 is 0 Å². The van der Waals surface area contributed by atoms with Crippen molar-refractivity contribution < 1.29 is 29.3 Å². The van der Waals surface area contributed by atoms with E-state index in [1.807, 2.05) is 0 Å². The molecule has 0 radical (unpaired) electrons. The molecule has 0 aromatic heterocycles. The molecule has 2 atom stereocenters. The summed E-state index contributed by atoms with van der Waals surface area (Å²) in [5.41, 5.74) is 1.44. The van der Waals surface area contributed by atoms with E-state index in [-0.39, 0.29) is 23.3 Å². The Labute approximate surface area is 114 Å². The fourth-order valence-electron chi connectivity index (χ4n) is 2.39. The van der Waals surface area contributed by atoms with E-state index in [0.717, 1.165) is 0 Å². The van der Waals surface area contributed by atoms with E-state index < -0.39 is 11.9 Å². The van der Waals surface area contributed by atoms with Crippen molar-refractivity contribution in [3.63, 3.8) is 0 Å². The first-order chi connectivity index (χ1) is 9.56. The van der Waals surface area contributed by atoms with Crippen molar-refractivity contribution >= 4 is 11.9 Å². The molecule has 6 nitrogen and oxygen atoms in total. The molecule has 2 N–H and O–H groups in total. The Morgan fingerprint density at radius 3 is 1.55 bits per heavy atom. The van der Waals surface area contributed by atoms with Gasteiger partial charge in [-0.25, -0.2) is 9.59 Å². The SMILES string of the molecule is O=C(O)c1ccc(C(=O)O)c(CC2CO2)c1CC1CO1. The predicted octanol–water partition coefficient (Wildman–Crippen LogP) is 0.966. The normalized spacial score (nSPS) is 23.4. The number of carboxylic acid groups (broad SMARTS) is 2. The lowest BCUT2D eigenvalue weighted by Crippen LogP contribution is -2.15. The van der Waals surface area contributed by atoms with Gasteiger partial charge in [-0.15, -0.1) is 0 Å². The Morgan fingerprint density at radius 2 is 1.30 bits per heavy atom. The van der Waals surface area contributed by atoms with Crippen molar-refractivity contribution in [2.45, 2.75) is 25.0 Å². The smallest absolute Gasteiger partial charge is 0.335 e. The molecule has 0 aliphatic carbocycles. The van der Waals surface area contributed by atoms with Gasteiger partial charge in [0, 0.05) is 12.8 Å². The van der Waals surface area contributed by atoms with Gasteiger partial charge in [0.15, 0.2) is 0 Å². The molecule has 20 heavy (non-hydrogen) atoms. The van der Waals surface area contributed by atoms with Crippen LogP contribution in [0.4, 0.5) is 0 Å². The third-order valence-corrected chi connectivity index (χ3v) is 3.56. The van der Waals surface area contributed by atoms with Crippen LogP contribution >= 0.6 is 0 Å². The highest BCUT2D eigenvalue weighted by Gasteiger charge is 2.32. The van der Waals surface area contributed by atoms with Crippen LogP contribution in [0.15, 0.2) is 12.1 Å². The van der Waals surface area contributed by atoms with Crippen LogP contribution in [0.25, 0.3) is 0 Å². The maximum Gasteiger partial charge on any atom is 0.335 e. The zero-order valence-electron chi connectivity index (χ0n) is 10.7. The third-order valence-electron chi connectivity index (χ3n) is 3.56. The van der Waals surface area contributed by atoms with Gasteiger partial charge in [-0.1, -0.05) is 0 Å². The Morgan fingerprint density at radius 1 is 0.950 bits per heavy atom. The number of benzene rings is 1. The lowest BCUT2D eigenvalue weighted by Gasteiger charge is -2.14. The molecule has 2 aliphatic rings. The molecule has 1 aromatic carbocycles. The molecule has 6 heteroatoms. The highest BCUT2D eigenvalue weighted by Crippen LogP contribution is 2.29. The van der Waals surface area contributed by atoms with Crippen molar-refractivity contribution in [3.05, 3.63) is 34.4 Å². The number of carboxylic acids is 2. The summed E-state index contributed by atoms with van der Waals surface area (Å²) in [5, 5.41) is 18.6. The van der Waals surface area contributed by atoms with E-state index in [2.05, 4.69) is 0 Å². The van der Waals surface area contributed by atoms with Gasteiger partial charge in [0.05, 0.1) is 36.5 Å². The summed E-state index contributed by atoms with van der Waals surface area (Å²) < 4.78 is 10.3. The Bertz CT molecular complexity index is 520. The minimum Gasteiger partial charge on any atom is -0.478 e. The molecule has 2 unspecified atom stereocenters. The van der Waals surface area contributed by atoms with Crippen LogP contribution in [0.1, 0.15) is 31.8 Å². The van der Waals surface area contributed by atoms with Crippen LogP contribution in [-0.4, -0.2) is 47.6 Å². The lowest BCUT2D eigenvalue weighted by atomic mass is 9.90. The number of hydrogen-bond acceptors (Lipinski definition) is 4. The molecular formula is C14H14O6. The van der Waals surface area contributed by atoms with Crippen molar-refractivity contribution in [1.82, 2.24) is 0 Å². The molecule has 3 rings (SSSR count). The number of rotatable bonds is 6. The van der Waals surface area contributed by atoms with Crippen LogP contribution in [0.5, 0.6) is 0 Å². The summed E-state index contributed by atoms with van der Waals surface area (Å²) in [6.07, 6.45) is 0.863. The van der Waals surface area contributed by atoms with Gasteiger partial charge in [0.1, 0.15) is 0 Å². The zero-order valence-corrected chi connectivity index (χ0v) is 10.7. The van der Waals surface area contributed by atoms with E-state index in [1.54, 1.807) is 0 Å². The fourth-order valence-corrected chi connectivity index (χ4v) is 2.39. The van der Waals surface area contributed by atoms with Crippen LogP contribution in [-0.2, 0) is 22.3 Å². The second kappa shape index (κ2) is 4.88. The maximum atomic E-state index is 11.3. The summed E-state index contributed by atoms with van der Waals surface area (Å²) in [6, 6.07) is 2.72. The van der Waals surface area contributed by atoms with E-state index in [4.69, 9.17) is 9.47 Å². The molecule has 2 aliphatic heterocycles. The van der Waals surface area contributed by atoms with Gasteiger partial charge in [0.25, 0.3) is 0 Å². The van der Waals surface area contributed by atoms with Crippen molar-refractivity contribution in [3.8, 4) is 0 Å². The molecule has 0 bridgehead atoms. The first-order valence-electron chi connectivity index (χ1n) is 6.41. The number of ether oxygens (including phenoxy) is 2. The number of hydrogen-bond donors (Lipinski definition) is 2. The number of epoxide rings is 2. The average molecular weight is 278 g/mol. The Balaban J connectivity index is 2.08. The van der Waals surface area contributed by atoms with E-state index in [0.29, 0.717) is 37.2 Å². The average Bonchev–Trinajstić information content (AvgIpc) is 3.24. The molecule has 2 fully saturated rings. The first kappa shape index (κ1) is 13.1. The number of aromatic carboxylic acids is 2. The highest BCUT2D eigenvalue weighted by molar-refractivity contribution is 5.95. The summed E-state index contributed by atoms with van der Waals surface area (Å²) in [6.45, 7) is 1.19. The molecule has 2 heterocycles. The molecule has 0 saturated carbocycles. The summed E-state index contributed by atoms with van der Waals surface area (Å²) in [7, 11) is 0. The van der Waals surface area contributed by atoms with Gasteiger partial charge >= 0.3 is 11.9 Å². The fraction of sp³-hybridized carbons (Fsp3) is 0.429. The summed E-state index contributed by atoms with van der Waals surface area (Å²) >= 11 is 0. The number of carbonyl (C=O) groups is 2. The summed E-state index contributed by atoms with van der Waals surface area (Å²) in [4.78, 5) is 22.7. The molecule has 0 spiro atoms. The Hall–Kier alpha value is -1.92.